The first-order valence-electron chi connectivity index (χ1n) is 5.98. The summed E-state index contributed by atoms with van der Waals surface area (Å²) in [6.07, 6.45) is 5.73. The highest BCUT2D eigenvalue weighted by molar-refractivity contribution is 7.99. The van der Waals surface area contributed by atoms with E-state index in [4.69, 9.17) is 0 Å². The summed E-state index contributed by atoms with van der Waals surface area (Å²) >= 11 is 1.84. The van der Waals surface area contributed by atoms with Gasteiger partial charge < -0.3 is 5.32 Å². The van der Waals surface area contributed by atoms with E-state index in [-0.39, 0.29) is 0 Å². The standard InChI is InChI=1S/C12H21N3S/c1-4-6-7-8-16-11-10(3)9-14-12(15-11)13-5-2/h9H,4-8H2,1-3H3,(H,13,14,15). The smallest absolute Gasteiger partial charge is 0.223 e. The first kappa shape index (κ1) is 13.3. The zero-order chi connectivity index (χ0) is 11.8. The largest absolute Gasteiger partial charge is 0.354 e. The minimum atomic E-state index is 0.742. The van der Waals surface area contributed by atoms with E-state index in [1.807, 2.05) is 18.0 Å². The van der Waals surface area contributed by atoms with Crippen LogP contribution in [0, 0.1) is 6.92 Å². The summed E-state index contributed by atoms with van der Waals surface area (Å²) in [5.41, 5.74) is 1.17. The minimum Gasteiger partial charge on any atom is -0.354 e. The lowest BCUT2D eigenvalue weighted by Crippen LogP contribution is -2.03. The Kier molecular flexibility index (Phi) is 6.23. The van der Waals surface area contributed by atoms with Gasteiger partial charge >= 0.3 is 0 Å². The molecule has 90 valence electrons. The van der Waals surface area contributed by atoms with Crippen molar-refractivity contribution >= 4 is 17.7 Å². The normalized spacial score (nSPS) is 10.4. The highest BCUT2D eigenvalue weighted by Crippen LogP contribution is 2.21. The Balaban J connectivity index is 2.52. The maximum Gasteiger partial charge on any atom is 0.223 e. The van der Waals surface area contributed by atoms with Crippen LogP contribution in [0.15, 0.2) is 11.2 Å². The SMILES string of the molecule is CCCCCSc1nc(NCC)ncc1C. The minimum absolute atomic E-state index is 0.742. The third-order valence-corrected chi connectivity index (χ3v) is 3.43. The number of unbranched alkanes of at least 4 members (excludes halogenated alkanes) is 2. The van der Waals surface area contributed by atoms with Crippen LogP contribution in [0.3, 0.4) is 0 Å². The number of hydrogen-bond acceptors (Lipinski definition) is 4. The average molecular weight is 239 g/mol. The molecule has 1 rings (SSSR count). The Hall–Kier alpha value is -0.770. The molecule has 4 heteroatoms. The van der Waals surface area contributed by atoms with Crippen LogP contribution in [0.1, 0.15) is 38.7 Å². The number of aryl methyl sites for hydroxylation is 1. The molecule has 0 saturated heterocycles. The van der Waals surface area contributed by atoms with Gasteiger partial charge in [0.2, 0.25) is 5.95 Å². The second kappa shape index (κ2) is 7.49. The predicted molar refractivity (Wildman–Crippen MR) is 71.2 cm³/mol. The van der Waals surface area contributed by atoms with Crippen molar-refractivity contribution < 1.29 is 0 Å². The Morgan fingerprint density at radius 1 is 1.31 bits per heavy atom. The van der Waals surface area contributed by atoms with Crippen LogP contribution in [0.4, 0.5) is 5.95 Å². The van der Waals surface area contributed by atoms with Gasteiger partial charge in [-0.3, -0.25) is 0 Å². The fourth-order valence-corrected chi connectivity index (χ4v) is 2.31. The van der Waals surface area contributed by atoms with Crippen LogP contribution in [0.25, 0.3) is 0 Å². The zero-order valence-corrected chi connectivity index (χ0v) is 11.2. The number of anilines is 1. The highest BCUT2D eigenvalue weighted by atomic mass is 32.2. The van der Waals surface area contributed by atoms with Gasteiger partial charge in [-0.25, -0.2) is 9.97 Å². The molecular formula is C12H21N3S. The molecule has 0 fully saturated rings. The van der Waals surface area contributed by atoms with Gasteiger partial charge in [0.05, 0.1) is 0 Å². The van der Waals surface area contributed by atoms with Crippen LogP contribution < -0.4 is 5.32 Å². The van der Waals surface area contributed by atoms with E-state index < -0.39 is 0 Å². The molecule has 1 N–H and O–H groups in total. The van der Waals surface area contributed by atoms with E-state index >= 15 is 0 Å². The number of thioether (sulfide) groups is 1. The van der Waals surface area contributed by atoms with E-state index in [0.717, 1.165) is 23.3 Å². The van der Waals surface area contributed by atoms with E-state index in [0.29, 0.717) is 0 Å². The van der Waals surface area contributed by atoms with Gasteiger partial charge in [0.1, 0.15) is 5.03 Å². The molecule has 0 bridgehead atoms. The molecule has 1 aromatic rings. The molecule has 1 heterocycles. The summed E-state index contributed by atoms with van der Waals surface area (Å²) < 4.78 is 0. The van der Waals surface area contributed by atoms with Crippen LogP contribution in [-0.4, -0.2) is 22.3 Å². The quantitative estimate of drug-likeness (QED) is 0.449. The molecule has 0 aliphatic rings. The predicted octanol–water partition coefficient (Wildman–Crippen LogP) is 3.50. The van der Waals surface area contributed by atoms with E-state index in [1.54, 1.807) is 0 Å². The molecule has 16 heavy (non-hydrogen) atoms. The molecule has 0 atom stereocenters. The molecule has 0 unspecified atom stereocenters. The first-order valence-corrected chi connectivity index (χ1v) is 6.96. The van der Waals surface area contributed by atoms with Gasteiger partial charge in [-0.05, 0) is 31.6 Å². The van der Waals surface area contributed by atoms with Gasteiger partial charge in [0.15, 0.2) is 0 Å². The molecule has 0 radical (unpaired) electrons. The van der Waals surface area contributed by atoms with Crippen molar-refractivity contribution in [2.45, 2.75) is 45.1 Å². The number of nitrogens with zero attached hydrogens (tertiary/aromatic N) is 2. The second-order valence-electron chi connectivity index (χ2n) is 3.77. The van der Waals surface area contributed by atoms with Crippen LogP contribution in [0.2, 0.25) is 0 Å². The van der Waals surface area contributed by atoms with Gasteiger partial charge in [-0.15, -0.1) is 11.8 Å². The zero-order valence-electron chi connectivity index (χ0n) is 10.4. The monoisotopic (exact) mass is 239 g/mol. The van der Waals surface area contributed by atoms with Crippen LogP contribution in [-0.2, 0) is 0 Å². The Morgan fingerprint density at radius 3 is 2.81 bits per heavy atom. The van der Waals surface area contributed by atoms with E-state index in [9.17, 15) is 0 Å². The summed E-state index contributed by atoms with van der Waals surface area (Å²) in [5.74, 6) is 1.89. The van der Waals surface area contributed by atoms with Crippen LogP contribution in [0.5, 0.6) is 0 Å². The number of aromatic nitrogens is 2. The second-order valence-corrected chi connectivity index (χ2v) is 4.85. The third-order valence-electron chi connectivity index (χ3n) is 2.25. The molecule has 0 amide bonds. The maximum absolute atomic E-state index is 4.50. The van der Waals surface area contributed by atoms with Crippen LogP contribution >= 0.6 is 11.8 Å². The molecule has 0 saturated carbocycles. The summed E-state index contributed by atoms with van der Waals surface area (Å²) in [6.45, 7) is 7.21. The Bertz CT molecular complexity index is 315. The lowest BCUT2D eigenvalue weighted by Gasteiger charge is -2.07. The lowest BCUT2D eigenvalue weighted by molar-refractivity contribution is 0.778. The average Bonchev–Trinajstić information content (AvgIpc) is 2.29. The highest BCUT2D eigenvalue weighted by Gasteiger charge is 2.03. The number of nitrogens with one attached hydrogen (secondary N) is 1. The van der Waals surface area contributed by atoms with E-state index in [2.05, 4.69) is 36.1 Å². The van der Waals surface area contributed by atoms with Gasteiger partial charge in [0.25, 0.3) is 0 Å². The molecule has 1 aromatic heterocycles. The lowest BCUT2D eigenvalue weighted by atomic mass is 10.3. The summed E-state index contributed by atoms with van der Waals surface area (Å²) in [7, 11) is 0. The summed E-state index contributed by atoms with van der Waals surface area (Å²) in [4.78, 5) is 8.74. The first-order chi connectivity index (χ1) is 7.77. The third kappa shape index (κ3) is 4.39. The Morgan fingerprint density at radius 2 is 2.12 bits per heavy atom. The summed E-state index contributed by atoms with van der Waals surface area (Å²) in [6, 6.07) is 0. The van der Waals surface area contributed by atoms with Crippen molar-refractivity contribution in [3.05, 3.63) is 11.8 Å². The van der Waals surface area contributed by atoms with Crippen molar-refractivity contribution in [1.82, 2.24) is 9.97 Å². The maximum atomic E-state index is 4.50. The van der Waals surface area contributed by atoms with E-state index in [1.165, 1.54) is 24.8 Å². The number of rotatable bonds is 7. The van der Waals surface area contributed by atoms with Crippen molar-refractivity contribution in [3.8, 4) is 0 Å². The summed E-state index contributed by atoms with van der Waals surface area (Å²) in [5, 5.41) is 4.25. The molecule has 0 spiro atoms. The van der Waals surface area contributed by atoms with Gasteiger partial charge in [-0.1, -0.05) is 19.8 Å². The van der Waals surface area contributed by atoms with Gasteiger partial charge in [-0.2, -0.15) is 0 Å². The molecule has 0 aromatic carbocycles. The van der Waals surface area contributed by atoms with Crippen molar-refractivity contribution in [2.24, 2.45) is 0 Å². The van der Waals surface area contributed by atoms with Gasteiger partial charge in [0, 0.05) is 12.7 Å². The van der Waals surface area contributed by atoms with Crippen molar-refractivity contribution in [3.63, 3.8) is 0 Å². The van der Waals surface area contributed by atoms with Crippen molar-refractivity contribution in [1.29, 1.82) is 0 Å². The Labute approximate surface area is 102 Å². The fraction of sp³-hybridized carbons (Fsp3) is 0.667. The molecule has 0 aliphatic carbocycles. The number of hydrogen-bond donors (Lipinski definition) is 1. The molecule has 0 aliphatic heterocycles. The molecule has 3 nitrogen and oxygen atoms in total. The molecular weight excluding hydrogens is 218 g/mol. The topological polar surface area (TPSA) is 37.8 Å². The fourth-order valence-electron chi connectivity index (χ4n) is 1.34. The van der Waals surface area contributed by atoms with Crippen molar-refractivity contribution in [2.75, 3.05) is 17.6 Å².